The number of carbonyl (C=O) groups is 1. The van der Waals surface area contributed by atoms with Gasteiger partial charge in [-0.05, 0) is 29.7 Å². The van der Waals surface area contributed by atoms with Crippen molar-refractivity contribution in [2.75, 3.05) is 47.5 Å². The van der Waals surface area contributed by atoms with Crippen LogP contribution in [0.1, 0.15) is 40.6 Å². The molecule has 0 atom stereocenters. The zero-order valence-corrected chi connectivity index (χ0v) is 18.7. The Bertz CT molecular complexity index is 816. The summed E-state index contributed by atoms with van der Waals surface area (Å²) >= 11 is 1.67. The van der Waals surface area contributed by atoms with Gasteiger partial charge in [-0.3, -0.25) is 9.69 Å². The van der Waals surface area contributed by atoms with Crippen LogP contribution >= 0.6 is 11.3 Å². The fourth-order valence-corrected chi connectivity index (χ4v) is 4.44. The summed E-state index contributed by atoms with van der Waals surface area (Å²) in [4.78, 5) is 18.4. The van der Waals surface area contributed by atoms with Gasteiger partial charge in [0.25, 0.3) is 5.91 Å². The number of hydrogen-bond acceptors (Lipinski definition) is 6. The van der Waals surface area contributed by atoms with Crippen LogP contribution in [-0.4, -0.2) is 63.2 Å². The van der Waals surface area contributed by atoms with E-state index < -0.39 is 0 Å². The number of methoxy groups -OCH3 is 3. The van der Waals surface area contributed by atoms with Gasteiger partial charge >= 0.3 is 0 Å². The number of piperazine rings is 1. The summed E-state index contributed by atoms with van der Waals surface area (Å²) in [5.41, 5.74) is 1.91. The van der Waals surface area contributed by atoms with E-state index in [-0.39, 0.29) is 5.91 Å². The zero-order valence-electron chi connectivity index (χ0n) is 17.9. The average molecular weight is 419 g/mol. The van der Waals surface area contributed by atoms with E-state index >= 15 is 0 Å². The summed E-state index contributed by atoms with van der Waals surface area (Å²) in [6.07, 6.45) is 0. The highest BCUT2D eigenvalue weighted by atomic mass is 32.1. The molecule has 0 spiro atoms. The van der Waals surface area contributed by atoms with Crippen molar-refractivity contribution in [1.82, 2.24) is 9.80 Å². The molecule has 2 heterocycles. The maximum absolute atomic E-state index is 12.8. The third-order valence-electron chi connectivity index (χ3n) is 5.23. The smallest absolute Gasteiger partial charge is 0.254 e. The summed E-state index contributed by atoms with van der Waals surface area (Å²) in [7, 11) is 4.86. The molecule has 1 fully saturated rings. The van der Waals surface area contributed by atoms with E-state index in [9.17, 15) is 4.79 Å². The molecule has 1 amide bonds. The Hall–Kier alpha value is -2.25. The molecule has 0 saturated carbocycles. The summed E-state index contributed by atoms with van der Waals surface area (Å²) in [6, 6.07) is 6.01. The van der Waals surface area contributed by atoms with Gasteiger partial charge in [-0.25, -0.2) is 0 Å². The van der Waals surface area contributed by atoms with Gasteiger partial charge in [0.1, 0.15) is 0 Å². The molecule has 1 aliphatic rings. The lowest BCUT2D eigenvalue weighted by atomic mass is 10.1. The highest BCUT2D eigenvalue weighted by molar-refractivity contribution is 7.10. The summed E-state index contributed by atoms with van der Waals surface area (Å²) in [5.74, 6) is 2.52. The SMILES string of the molecule is COc1cc(CN2CCN(C(=O)c3csc(C(C)C)c3)CC2)cc(OC)c1OC. The summed E-state index contributed by atoms with van der Waals surface area (Å²) in [6.45, 7) is 8.22. The molecule has 0 radical (unpaired) electrons. The Morgan fingerprint density at radius 1 is 1.00 bits per heavy atom. The normalized spacial score (nSPS) is 14.9. The van der Waals surface area contributed by atoms with E-state index in [2.05, 4.69) is 18.7 Å². The van der Waals surface area contributed by atoms with Crippen molar-refractivity contribution in [3.8, 4) is 17.2 Å². The number of hydrogen-bond donors (Lipinski definition) is 0. The molecule has 0 unspecified atom stereocenters. The quantitative estimate of drug-likeness (QED) is 0.684. The molecule has 158 valence electrons. The van der Waals surface area contributed by atoms with E-state index in [0.717, 1.165) is 43.9 Å². The first-order valence-corrected chi connectivity index (χ1v) is 10.7. The molecule has 7 heteroatoms. The molecule has 0 bridgehead atoms. The fraction of sp³-hybridized carbons (Fsp3) is 0.500. The second-order valence-electron chi connectivity index (χ2n) is 7.49. The molecular weight excluding hydrogens is 388 g/mol. The van der Waals surface area contributed by atoms with E-state index in [0.29, 0.717) is 23.2 Å². The van der Waals surface area contributed by atoms with Crippen LogP contribution in [0.3, 0.4) is 0 Å². The zero-order chi connectivity index (χ0) is 21.0. The maximum Gasteiger partial charge on any atom is 0.254 e. The monoisotopic (exact) mass is 418 g/mol. The molecule has 3 rings (SSSR count). The first kappa shape index (κ1) is 21.5. The second kappa shape index (κ2) is 9.50. The maximum atomic E-state index is 12.8. The first-order chi connectivity index (χ1) is 14.0. The fourth-order valence-electron chi connectivity index (χ4n) is 3.54. The topological polar surface area (TPSA) is 51.2 Å². The number of amides is 1. The van der Waals surface area contributed by atoms with Gasteiger partial charge in [0.2, 0.25) is 5.75 Å². The Morgan fingerprint density at radius 3 is 2.10 bits per heavy atom. The highest BCUT2D eigenvalue weighted by Gasteiger charge is 2.24. The van der Waals surface area contributed by atoms with Crippen LogP contribution in [0.4, 0.5) is 0 Å². The van der Waals surface area contributed by atoms with Gasteiger partial charge in [0, 0.05) is 43.0 Å². The van der Waals surface area contributed by atoms with Crippen LogP contribution in [0, 0.1) is 0 Å². The summed E-state index contributed by atoms with van der Waals surface area (Å²) in [5, 5.41) is 1.99. The van der Waals surface area contributed by atoms with E-state index in [1.807, 2.05) is 28.5 Å². The van der Waals surface area contributed by atoms with Gasteiger partial charge in [0.15, 0.2) is 11.5 Å². The predicted octanol–water partition coefficient (Wildman–Crippen LogP) is 3.86. The Balaban J connectivity index is 1.61. The predicted molar refractivity (Wildman–Crippen MR) is 116 cm³/mol. The van der Waals surface area contributed by atoms with Crippen LogP contribution in [0.5, 0.6) is 17.2 Å². The van der Waals surface area contributed by atoms with Crippen LogP contribution in [0.2, 0.25) is 0 Å². The van der Waals surface area contributed by atoms with E-state index in [1.165, 1.54) is 4.88 Å². The lowest BCUT2D eigenvalue weighted by molar-refractivity contribution is 0.0629. The van der Waals surface area contributed by atoms with Gasteiger partial charge < -0.3 is 19.1 Å². The highest BCUT2D eigenvalue weighted by Crippen LogP contribution is 2.38. The largest absolute Gasteiger partial charge is 0.493 e. The Morgan fingerprint density at radius 2 is 1.62 bits per heavy atom. The van der Waals surface area contributed by atoms with Crippen molar-refractivity contribution in [2.45, 2.75) is 26.3 Å². The van der Waals surface area contributed by atoms with Crippen molar-refractivity contribution in [3.63, 3.8) is 0 Å². The number of thiophene rings is 1. The van der Waals surface area contributed by atoms with Crippen molar-refractivity contribution in [2.24, 2.45) is 0 Å². The second-order valence-corrected chi connectivity index (χ2v) is 8.44. The molecule has 1 saturated heterocycles. The van der Waals surface area contributed by atoms with Crippen molar-refractivity contribution in [3.05, 3.63) is 39.6 Å². The lowest BCUT2D eigenvalue weighted by Gasteiger charge is -2.34. The van der Waals surface area contributed by atoms with E-state index in [1.54, 1.807) is 32.7 Å². The molecule has 1 aliphatic heterocycles. The van der Waals surface area contributed by atoms with Gasteiger partial charge in [-0.15, -0.1) is 11.3 Å². The molecule has 0 aliphatic carbocycles. The lowest BCUT2D eigenvalue weighted by Crippen LogP contribution is -2.48. The van der Waals surface area contributed by atoms with Crippen molar-refractivity contribution >= 4 is 17.2 Å². The standard InChI is InChI=1S/C22H30N2O4S/c1-15(2)20-12-17(14-29-20)22(25)24-8-6-23(7-9-24)13-16-10-18(26-3)21(28-5)19(11-16)27-4/h10-12,14-15H,6-9,13H2,1-5H3. The number of benzene rings is 1. The molecule has 2 aromatic rings. The average Bonchev–Trinajstić information content (AvgIpc) is 3.23. The minimum Gasteiger partial charge on any atom is -0.493 e. The first-order valence-electron chi connectivity index (χ1n) is 9.85. The molecule has 6 nitrogen and oxygen atoms in total. The molecule has 1 aromatic carbocycles. The van der Waals surface area contributed by atoms with E-state index in [4.69, 9.17) is 14.2 Å². The molecule has 29 heavy (non-hydrogen) atoms. The molecule has 0 N–H and O–H groups in total. The number of rotatable bonds is 7. The number of nitrogens with zero attached hydrogens (tertiary/aromatic N) is 2. The van der Waals surface area contributed by atoms with Crippen LogP contribution < -0.4 is 14.2 Å². The van der Waals surface area contributed by atoms with Gasteiger partial charge in [-0.1, -0.05) is 13.8 Å². The van der Waals surface area contributed by atoms with Gasteiger partial charge in [-0.2, -0.15) is 0 Å². The van der Waals surface area contributed by atoms with Crippen molar-refractivity contribution in [1.29, 1.82) is 0 Å². The van der Waals surface area contributed by atoms with Crippen LogP contribution in [0.25, 0.3) is 0 Å². The minimum absolute atomic E-state index is 0.139. The Kier molecular flexibility index (Phi) is 7.03. The van der Waals surface area contributed by atoms with Gasteiger partial charge in [0.05, 0.1) is 26.9 Å². The van der Waals surface area contributed by atoms with Crippen LogP contribution in [0.15, 0.2) is 23.6 Å². The number of carbonyl (C=O) groups excluding carboxylic acids is 1. The molecule has 1 aromatic heterocycles. The van der Waals surface area contributed by atoms with Crippen LogP contribution in [-0.2, 0) is 6.54 Å². The Labute approximate surface area is 177 Å². The minimum atomic E-state index is 0.139. The molecular formula is C22H30N2O4S. The number of ether oxygens (including phenoxy) is 3. The third-order valence-corrected chi connectivity index (χ3v) is 6.46. The summed E-state index contributed by atoms with van der Waals surface area (Å²) < 4.78 is 16.3. The van der Waals surface area contributed by atoms with Crippen molar-refractivity contribution < 1.29 is 19.0 Å². The third kappa shape index (κ3) is 4.85.